The van der Waals surface area contributed by atoms with Gasteiger partial charge in [0, 0.05) is 18.4 Å². The fourth-order valence-electron chi connectivity index (χ4n) is 1.35. The predicted octanol–water partition coefficient (Wildman–Crippen LogP) is 0.886. The third kappa shape index (κ3) is 4.90. The zero-order valence-electron chi connectivity index (χ0n) is 9.34. The summed E-state index contributed by atoms with van der Waals surface area (Å²) in [5, 5.41) is 4.73. The van der Waals surface area contributed by atoms with Gasteiger partial charge in [0.1, 0.15) is 13.1 Å². The highest BCUT2D eigenvalue weighted by Gasteiger charge is 2.27. The van der Waals surface area contributed by atoms with E-state index >= 15 is 0 Å². The number of hydrogen-bond acceptors (Lipinski definition) is 2. The molecule has 0 saturated carbocycles. The minimum Gasteiger partial charge on any atom is -0.345 e. The molecule has 0 bridgehead atoms. The molecule has 96 valence electrons. The first kappa shape index (κ1) is 13.6. The fraction of sp³-hybridized carbons (Fsp3) is 0.500. The standard InChI is InChI=1S/C10H14F3N3O/c1-14-5-8-3-2-4-16(8)6-9(17)15-7-10(11,12)13/h2-4,14H,5-7H2,1H3,(H,15,17). The molecule has 7 heteroatoms. The Bertz CT molecular complexity index is 373. The molecule has 0 unspecified atom stereocenters. The molecule has 1 rings (SSSR count). The zero-order valence-corrected chi connectivity index (χ0v) is 9.34. The number of nitrogens with zero attached hydrogens (tertiary/aromatic N) is 1. The van der Waals surface area contributed by atoms with E-state index in [1.54, 1.807) is 29.9 Å². The van der Waals surface area contributed by atoms with Crippen LogP contribution in [0.5, 0.6) is 0 Å². The van der Waals surface area contributed by atoms with Crippen LogP contribution >= 0.6 is 0 Å². The molecule has 0 atom stereocenters. The quantitative estimate of drug-likeness (QED) is 0.814. The van der Waals surface area contributed by atoms with Crippen LogP contribution in [-0.2, 0) is 17.9 Å². The van der Waals surface area contributed by atoms with Crippen molar-refractivity contribution >= 4 is 5.91 Å². The number of aromatic nitrogens is 1. The molecule has 0 aliphatic heterocycles. The van der Waals surface area contributed by atoms with E-state index in [9.17, 15) is 18.0 Å². The molecule has 1 aromatic rings. The van der Waals surface area contributed by atoms with Crippen LogP contribution in [0.25, 0.3) is 0 Å². The lowest BCUT2D eigenvalue weighted by molar-refractivity contribution is -0.138. The summed E-state index contributed by atoms with van der Waals surface area (Å²) in [6, 6.07) is 3.54. The van der Waals surface area contributed by atoms with E-state index in [4.69, 9.17) is 0 Å². The van der Waals surface area contributed by atoms with Gasteiger partial charge >= 0.3 is 6.18 Å². The van der Waals surface area contributed by atoms with E-state index < -0.39 is 18.6 Å². The lowest BCUT2D eigenvalue weighted by Crippen LogP contribution is -2.36. The Morgan fingerprint density at radius 2 is 2.18 bits per heavy atom. The SMILES string of the molecule is CNCc1cccn1CC(=O)NCC(F)(F)F. The minimum absolute atomic E-state index is 0.111. The van der Waals surface area contributed by atoms with Gasteiger partial charge in [-0.25, -0.2) is 0 Å². The van der Waals surface area contributed by atoms with E-state index in [1.807, 2.05) is 5.32 Å². The Labute approximate surface area is 96.8 Å². The predicted molar refractivity (Wildman–Crippen MR) is 56.3 cm³/mol. The molecule has 0 aromatic carbocycles. The Kier molecular flexibility index (Phi) is 4.56. The van der Waals surface area contributed by atoms with Gasteiger partial charge in [0.05, 0.1) is 0 Å². The number of nitrogens with one attached hydrogen (secondary N) is 2. The van der Waals surface area contributed by atoms with Crippen molar-refractivity contribution < 1.29 is 18.0 Å². The van der Waals surface area contributed by atoms with Gasteiger partial charge in [0.15, 0.2) is 0 Å². The average molecular weight is 249 g/mol. The Morgan fingerprint density at radius 3 is 2.76 bits per heavy atom. The van der Waals surface area contributed by atoms with Crippen LogP contribution in [0.15, 0.2) is 18.3 Å². The van der Waals surface area contributed by atoms with Gasteiger partial charge in [0.2, 0.25) is 5.91 Å². The first-order valence-corrected chi connectivity index (χ1v) is 5.04. The van der Waals surface area contributed by atoms with Crippen LogP contribution in [-0.4, -0.2) is 30.2 Å². The largest absolute Gasteiger partial charge is 0.405 e. The maximum Gasteiger partial charge on any atom is 0.405 e. The number of carbonyl (C=O) groups is 1. The summed E-state index contributed by atoms with van der Waals surface area (Å²) in [5.74, 6) is -0.657. The molecule has 2 N–H and O–H groups in total. The molecule has 1 heterocycles. The second-order valence-electron chi connectivity index (χ2n) is 3.55. The molecule has 4 nitrogen and oxygen atoms in total. The molecule has 0 radical (unpaired) electrons. The first-order valence-electron chi connectivity index (χ1n) is 5.04. The van der Waals surface area contributed by atoms with Crippen molar-refractivity contribution in [3.8, 4) is 0 Å². The van der Waals surface area contributed by atoms with Gasteiger partial charge in [-0.15, -0.1) is 0 Å². The van der Waals surface area contributed by atoms with E-state index in [1.165, 1.54) is 0 Å². The van der Waals surface area contributed by atoms with Gasteiger partial charge in [-0.1, -0.05) is 0 Å². The lowest BCUT2D eigenvalue weighted by Gasteiger charge is -2.11. The highest BCUT2D eigenvalue weighted by Crippen LogP contribution is 2.12. The third-order valence-electron chi connectivity index (χ3n) is 2.08. The zero-order chi connectivity index (χ0) is 12.9. The fourth-order valence-corrected chi connectivity index (χ4v) is 1.35. The van der Waals surface area contributed by atoms with Crippen LogP contribution in [0.1, 0.15) is 5.69 Å². The molecule has 0 fully saturated rings. The smallest absolute Gasteiger partial charge is 0.345 e. The average Bonchev–Trinajstić information content (AvgIpc) is 2.63. The normalized spacial score (nSPS) is 11.5. The second-order valence-corrected chi connectivity index (χ2v) is 3.55. The van der Waals surface area contributed by atoms with E-state index in [0.29, 0.717) is 6.54 Å². The van der Waals surface area contributed by atoms with Crippen LogP contribution in [0, 0.1) is 0 Å². The number of amides is 1. The molecule has 17 heavy (non-hydrogen) atoms. The van der Waals surface area contributed by atoms with Crippen molar-refractivity contribution in [2.45, 2.75) is 19.3 Å². The highest BCUT2D eigenvalue weighted by atomic mass is 19.4. The molecule has 1 amide bonds. The third-order valence-corrected chi connectivity index (χ3v) is 2.08. The van der Waals surface area contributed by atoms with Crippen molar-refractivity contribution in [1.29, 1.82) is 0 Å². The van der Waals surface area contributed by atoms with E-state index in [2.05, 4.69) is 5.32 Å². The lowest BCUT2D eigenvalue weighted by atomic mass is 10.4. The second kappa shape index (κ2) is 5.72. The van der Waals surface area contributed by atoms with Crippen LogP contribution in [0.3, 0.4) is 0 Å². The molecule has 0 aliphatic carbocycles. The van der Waals surface area contributed by atoms with Crippen molar-refractivity contribution in [3.63, 3.8) is 0 Å². The van der Waals surface area contributed by atoms with Crippen molar-refractivity contribution in [3.05, 3.63) is 24.0 Å². The molecule has 0 saturated heterocycles. The van der Waals surface area contributed by atoms with Crippen LogP contribution in [0.2, 0.25) is 0 Å². The van der Waals surface area contributed by atoms with Crippen LogP contribution in [0.4, 0.5) is 13.2 Å². The van der Waals surface area contributed by atoms with E-state index in [0.717, 1.165) is 5.69 Å². The number of halogens is 3. The summed E-state index contributed by atoms with van der Waals surface area (Å²) in [5.41, 5.74) is 0.842. The maximum absolute atomic E-state index is 11.9. The Morgan fingerprint density at radius 1 is 1.47 bits per heavy atom. The highest BCUT2D eigenvalue weighted by molar-refractivity contribution is 5.75. The number of hydrogen-bond donors (Lipinski definition) is 2. The van der Waals surface area contributed by atoms with Crippen LogP contribution < -0.4 is 10.6 Å². The van der Waals surface area contributed by atoms with Gasteiger partial charge in [-0.2, -0.15) is 13.2 Å². The summed E-state index contributed by atoms with van der Waals surface area (Å²) in [4.78, 5) is 11.3. The van der Waals surface area contributed by atoms with Crippen molar-refractivity contribution in [2.75, 3.05) is 13.6 Å². The Hall–Kier alpha value is -1.50. The van der Waals surface area contributed by atoms with Gasteiger partial charge in [-0.05, 0) is 19.2 Å². The van der Waals surface area contributed by atoms with Gasteiger partial charge in [-0.3, -0.25) is 4.79 Å². The number of rotatable bonds is 5. The number of carbonyl (C=O) groups excluding carboxylic acids is 1. The summed E-state index contributed by atoms with van der Waals surface area (Å²) in [7, 11) is 1.75. The Balaban J connectivity index is 2.47. The van der Waals surface area contributed by atoms with Gasteiger partial charge < -0.3 is 15.2 Å². The van der Waals surface area contributed by atoms with Crippen molar-refractivity contribution in [2.24, 2.45) is 0 Å². The summed E-state index contributed by atoms with van der Waals surface area (Å²) in [6.45, 7) is -0.853. The molecular weight excluding hydrogens is 235 g/mol. The topological polar surface area (TPSA) is 46.1 Å². The first-order chi connectivity index (χ1) is 7.92. The molecule has 0 spiro atoms. The monoisotopic (exact) mass is 249 g/mol. The summed E-state index contributed by atoms with van der Waals surface area (Å²) >= 11 is 0. The molecule has 1 aromatic heterocycles. The summed E-state index contributed by atoms with van der Waals surface area (Å²) < 4.78 is 37.2. The minimum atomic E-state index is -4.37. The van der Waals surface area contributed by atoms with Gasteiger partial charge in [0.25, 0.3) is 0 Å². The molecule has 0 aliphatic rings. The number of alkyl halides is 3. The molecular formula is C10H14F3N3O. The van der Waals surface area contributed by atoms with E-state index in [-0.39, 0.29) is 6.54 Å². The van der Waals surface area contributed by atoms with Crippen molar-refractivity contribution in [1.82, 2.24) is 15.2 Å². The summed E-state index contributed by atoms with van der Waals surface area (Å²) in [6.07, 6.45) is -2.72. The maximum atomic E-state index is 11.9.